The molecule has 28 heavy (non-hydrogen) atoms. The second-order valence-corrected chi connectivity index (χ2v) is 6.80. The summed E-state index contributed by atoms with van der Waals surface area (Å²) in [6.07, 6.45) is 3.80. The number of amides is 2. The molecule has 2 amide bonds. The number of hydrogen-bond acceptors (Lipinski definition) is 3. The van der Waals surface area contributed by atoms with Crippen LogP contribution in [0.2, 0.25) is 5.02 Å². The first kappa shape index (κ1) is 21.5. The number of carbonyl (C=O) groups excluding carboxylic acids is 2. The summed E-state index contributed by atoms with van der Waals surface area (Å²) in [5, 5.41) is 6.25. The maximum absolute atomic E-state index is 12.5. The van der Waals surface area contributed by atoms with Crippen LogP contribution >= 0.6 is 11.6 Å². The van der Waals surface area contributed by atoms with Gasteiger partial charge >= 0.3 is 0 Å². The van der Waals surface area contributed by atoms with Crippen LogP contribution < -0.4 is 15.4 Å². The number of halogens is 1. The molecule has 5 nitrogen and oxygen atoms in total. The summed E-state index contributed by atoms with van der Waals surface area (Å²) in [6.45, 7) is 3.63. The molecule has 0 aliphatic carbocycles. The first-order valence-corrected chi connectivity index (χ1v) is 9.49. The third kappa shape index (κ3) is 6.43. The van der Waals surface area contributed by atoms with Gasteiger partial charge in [0.15, 0.2) is 0 Å². The van der Waals surface area contributed by atoms with Gasteiger partial charge in [0.1, 0.15) is 11.8 Å². The van der Waals surface area contributed by atoms with Crippen molar-refractivity contribution in [3.63, 3.8) is 0 Å². The van der Waals surface area contributed by atoms with Crippen molar-refractivity contribution in [1.29, 1.82) is 0 Å². The van der Waals surface area contributed by atoms with Crippen molar-refractivity contribution in [2.24, 2.45) is 0 Å². The van der Waals surface area contributed by atoms with Crippen LogP contribution in [0.5, 0.6) is 5.75 Å². The van der Waals surface area contributed by atoms with Crippen molar-refractivity contribution in [1.82, 2.24) is 10.6 Å². The Morgan fingerprint density at radius 3 is 2.46 bits per heavy atom. The molecule has 2 rings (SSSR count). The van der Waals surface area contributed by atoms with E-state index in [2.05, 4.69) is 10.6 Å². The van der Waals surface area contributed by atoms with Crippen molar-refractivity contribution >= 4 is 29.5 Å². The van der Waals surface area contributed by atoms with Gasteiger partial charge in [-0.05, 0) is 54.8 Å². The van der Waals surface area contributed by atoms with E-state index in [-0.39, 0.29) is 17.9 Å². The lowest BCUT2D eigenvalue weighted by atomic mass is 10.0. The van der Waals surface area contributed by atoms with Gasteiger partial charge in [0.2, 0.25) is 11.8 Å². The Labute approximate surface area is 170 Å². The summed E-state index contributed by atoms with van der Waals surface area (Å²) in [6, 6.07) is 13.9. The summed E-state index contributed by atoms with van der Waals surface area (Å²) in [4.78, 5) is 24.6. The van der Waals surface area contributed by atoms with Gasteiger partial charge in [0.05, 0.1) is 13.2 Å². The predicted molar refractivity (Wildman–Crippen MR) is 112 cm³/mol. The summed E-state index contributed by atoms with van der Waals surface area (Å²) < 4.78 is 5.10. The van der Waals surface area contributed by atoms with E-state index in [4.69, 9.17) is 16.3 Å². The molecule has 6 heteroatoms. The molecule has 2 N–H and O–H groups in total. The van der Waals surface area contributed by atoms with Crippen molar-refractivity contribution in [3.05, 3.63) is 70.8 Å². The van der Waals surface area contributed by atoms with Crippen LogP contribution in [-0.2, 0) is 9.59 Å². The van der Waals surface area contributed by atoms with Crippen molar-refractivity contribution in [2.45, 2.75) is 32.4 Å². The van der Waals surface area contributed by atoms with Crippen LogP contribution in [0, 0.1) is 0 Å². The minimum atomic E-state index is -0.666. The summed E-state index contributed by atoms with van der Waals surface area (Å²) in [5.74, 6) is 0.157. The molecule has 0 saturated carbocycles. The van der Waals surface area contributed by atoms with Gasteiger partial charge in [-0.2, -0.15) is 0 Å². The number of rotatable bonds is 8. The second kappa shape index (κ2) is 10.5. The minimum absolute atomic E-state index is 0.166. The fraction of sp³-hybridized carbons (Fsp3) is 0.273. The topological polar surface area (TPSA) is 67.4 Å². The third-order valence-corrected chi connectivity index (χ3v) is 4.51. The molecular weight excluding hydrogens is 376 g/mol. The van der Waals surface area contributed by atoms with Gasteiger partial charge in [-0.1, -0.05) is 42.8 Å². The van der Waals surface area contributed by atoms with Gasteiger partial charge in [-0.25, -0.2) is 0 Å². The van der Waals surface area contributed by atoms with Crippen molar-refractivity contribution in [2.75, 3.05) is 7.11 Å². The first-order chi connectivity index (χ1) is 13.4. The highest BCUT2D eigenvalue weighted by Gasteiger charge is 2.19. The number of methoxy groups -OCH3 is 1. The molecule has 0 bridgehead atoms. The fourth-order valence-electron chi connectivity index (χ4n) is 2.66. The minimum Gasteiger partial charge on any atom is -0.497 e. The van der Waals surface area contributed by atoms with Gasteiger partial charge < -0.3 is 15.4 Å². The molecule has 2 aromatic carbocycles. The number of hydrogen-bond donors (Lipinski definition) is 2. The van der Waals surface area contributed by atoms with Crippen LogP contribution in [0.15, 0.2) is 54.6 Å². The van der Waals surface area contributed by atoms with Crippen LogP contribution in [0.4, 0.5) is 0 Å². The SMILES string of the molecule is CCC(NC(=O)C(C)NC(=O)/C=C/c1ccc(OC)cc1)c1cccc(Cl)c1. The normalized spacial score (nSPS) is 13.0. The Kier molecular flexibility index (Phi) is 8.08. The number of nitrogens with one attached hydrogen (secondary N) is 2. The summed E-state index contributed by atoms with van der Waals surface area (Å²) in [5.41, 5.74) is 1.79. The fourth-order valence-corrected chi connectivity index (χ4v) is 2.85. The van der Waals surface area contributed by atoms with E-state index in [1.807, 2.05) is 49.4 Å². The van der Waals surface area contributed by atoms with E-state index in [0.29, 0.717) is 11.4 Å². The summed E-state index contributed by atoms with van der Waals surface area (Å²) >= 11 is 6.03. The molecule has 0 aliphatic heterocycles. The Morgan fingerprint density at radius 2 is 1.86 bits per heavy atom. The second-order valence-electron chi connectivity index (χ2n) is 6.36. The van der Waals surface area contributed by atoms with E-state index >= 15 is 0 Å². The Morgan fingerprint density at radius 1 is 1.14 bits per heavy atom. The first-order valence-electron chi connectivity index (χ1n) is 9.11. The quantitative estimate of drug-likeness (QED) is 0.654. The highest BCUT2D eigenvalue weighted by molar-refractivity contribution is 6.30. The molecule has 0 heterocycles. The van der Waals surface area contributed by atoms with Gasteiger partial charge in [0, 0.05) is 11.1 Å². The van der Waals surface area contributed by atoms with Crippen molar-refractivity contribution < 1.29 is 14.3 Å². The average molecular weight is 401 g/mol. The molecular formula is C22H25ClN2O3. The number of ether oxygens (including phenoxy) is 1. The summed E-state index contributed by atoms with van der Waals surface area (Å²) in [7, 11) is 1.60. The van der Waals surface area contributed by atoms with E-state index in [1.165, 1.54) is 6.08 Å². The van der Waals surface area contributed by atoms with Gasteiger partial charge in [-0.3, -0.25) is 9.59 Å². The lowest BCUT2D eigenvalue weighted by Crippen LogP contribution is -2.45. The Hall–Kier alpha value is -2.79. The standard InChI is InChI=1S/C22H25ClN2O3/c1-4-20(17-6-5-7-18(23)14-17)25-22(27)15(2)24-21(26)13-10-16-8-11-19(28-3)12-9-16/h5-15,20H,4H2,1-3H3,(H,24,26)(H,25,27)/b13-10+. The molecule has 0 aliphatic rings. The van der Waals surface area contributed by atoms with Crippen LogP contribution in [-0.4, -0.2) is 25.0 Å². The lowest BCUT2D eigenvalue weighted by Gasteiger charge is -2.20. The molecule has 0 radical (unpaired) electrons. The van der Waals surface area contributed by atoms with E-state index < -0.39 is 6.04 Å². The average Bonchev–Trinajstić information content (AvgIpc) is 2.70. The third-order valence-electron chi connectivity index (χ3n) is 4.27. The molecule has 2 unspecified atom stereocenters. The zero-order chi connectivity index (χ0) is 20.5. The molecule has 0 fully saturated rings. The lowest BCUT2D eigenvalue weighted by molar-refractivity contribution is -0.127. The van der Waals surface area contributed by atoms with Gasteiger partial charge in [-0.15, -0.1) is 0 Å². The number of carbonyl (C=O) groups is 2. The van der Waals surface area contributed by atoms with Crippen LogP contribution in [0.1, 0.15) is 37.4 Å². The zero-order valence-electron chi connectivity index (χ0n) is 16.2. The largest absolute Gasteiger partial charge is 0.497 e. The molecule has 0 saturated heterocycles. The Balaban J connectivity index is 1.91. The maximum Gasteiger partial charge on any atom is 0.244 e. The molecule has 0 spiro atoms. The molecule has 2 aromatic rings. The highest BCUT2D eigenvalue weighted by Crippen LogP contribution is 2.20. The smallest absolute Gasteiger partial charge is 0.244 e. The Bertz CT molecular complexity index is 834. The zero-order valence-corrected chi connectivity index (χ0v) is 17.0. The monoisotopic (exact) mass is 400 g/mol. The van der Waals surface area contributed by atoms with Gasteiger partial charge in [0.25, 0.3) is 0 Å². The number of benzene rings is 2. The molecule has 2 atom stereocenters. The van der Waals surface area contributed by atoms with E-state index in [9.17, 15) is 9.59 Å². The van der Waals surface area contributed by atoms with E-state index in [1.54, 1.807) is 26.2 Å². The van der Waals surface area contributed by atoms with E-state index in [0.717, 1.165) is 16.9 Å². The van der Waals surface area contributed by atoms with Crippen LogP contribution in [0.25, 0.3) is 6.08 Å². The highest BCUT2D eigenvalue weighted by atomic mass is 35.5. The van der Waals surface area contributed by atoms with Crippen LogP contribution in [0.3, 0.4) is 0 Å². The maximum atomic E-state index is 12.5. The predicted octanol–water partition coefficient (Wildman–Crippen LogP) is 4.13. The van der Waals surface area contributed by atoms with Crippen molar-refractivity contribution in [3.8, 4) is 5.75 Å². The molecule has 148 valence electrons. The molecule has 0 aromatic heterocycles.